The van der Waals surface area contributed by atoms with Gasteiger partial charge in [0.1, 0.15) is 5.75 Å². The molecule has 3 aromatic rings. The number of ether oxygens (including phenoxy) is 1. The Morgan fingerprint density at radius 2 is 2.03 bits per heavy atom. The number of benzene rings is 2. The number of amides is 1. The number of methoxy groups -OCH3 is 1. The van der Waals surface area contributed by atoms with Gasteiger partial charge in [0.15, 0.2) is 0 Å². The molecule has 1 N–H and O–H groups in total. The molecule has 0 bridgehead atoms. The first kappa shape index (κ1) is 21.0. The normalized spacial score (nSPS) is 21.1. The molecule has 1 amide bonds. The molecule has 0 aliphatic heterocycles. The Balaban J connectivity index is 1.39. The number of carbonyl (C=O) groups excluding carboxylic acids is 1. The average Bonchev–Trinajstić information content (AvgIpc) is 3.58. The van der Waals surface area contributed by atoms with Crippen molar-refractivity contribution in [1.82, 2.24) is 10.3 Å². The van der Waals surface area contributed by atoms with E-state index in [0.717, 1.165) is 64.3 Å². The maximum atomic E-state index is 13.4. The summed E-state index contributed by atoms with van der Waals surface area (Å²) in [6, 6.07) is 12.5. The number of carbonyl (C=O) groups is 1. The van der Waals surface area contributed by atoms with E-state index in [-0.39, 0.29) is 11.4 Å². The van der Waals surface area contributed by atoms with E-state index >= 15 is 0 Å². The summed E-state index contributed by atoms with van der Waals surface area (Å²) in [7, 11) is 1.68. The van der Waals surface area contributed by atoms with Gasteiger partial charge < -0.3 is 10.1 Å². The zero-order valence-electron chi connectivity index (χ0n) is 19.3. The molecule has 0 spiro atoms. The SMILES string of the molecule is COc1cc(C2(NC(=O)c3cc(CC[C@@H]4CCC4C)ccc3C)CC2)c2ccncc2c1. The van der Waals surface area contributed by atoms with Crippen LogP contribution in [0.3, 0.4) is 0 Å². The number of hydrogen-bond donors (Lipinski definition) is 1. The van der Waals surface area contributed by atoms with E-state index < -0.39 is 0 Å². The van der Waals surface area contributed by atoms with Crippen LogP contribution < -0.4 is 10.1 Å². The Morgan fingerprint density at radius 1 is 1.19 bits per heavy atom. The van der Waals surface area contributed by atoms with Crippen molar-refractivity contribution < 1.29 is 9.53 Å². The minimum atomic E-state index is -0.338. The lowest BCUT2D eigenvalue weighted by atomic mass is 9.72. The highest BCUT2D eigenvalue weighted by molar-refractivity contribution is 5.97. The molecule has 2 aliphatic carbocycles. The third kappa shape index (κ3) is 3.87. The van der Waals surface area contributed by atoms with Crippen LogP contribution in [0.25, 0.3) is 10.8 Å². The smallest absolute Gasteiger partial charge is 0.252 e. The van der Waals surface area contributed by atoms with E-state index in [1.807, 2.05) is 31.5 Å². The summed E-state index contributed by atoms with van der Waals surface area (Å²) in [5.74, 6) is 2.51. The Hall–Kier alpha value is -2.88. The Kier molecular flexibility index (Phi) is 5.40. The summed E-state index contributed by atoms with van der Waals surface area (Å²) in [6.45, 7) is 4.38. The van der Waals surface area contributed by atoms with Gasteiger partial charge in [0.25, 0.3) is 5.91 Å². The van der Waals surface area contributed by atoms with Crippen LogP contribution in [-0.4, -0.2) is 18.0 Å². The molecule has 2 aromatic carbocycles. The van der Waals surface area contributed by atoms with Crippen molar-refractivity contribution in [3.63, 3.8) is 0 Å². The van der Waals surface area contributed by atoms with Crippen molar-refractivity contribution in [1.29, 1.82) is 0 Å². The second-order valence-electron chi connectivity index (χ2n) is 9.81. The van der Waals surface area contributed by atoms with Gasteiger partial charge in [-0.15, -0.1) is 0 Å². The number of pyridine rings is 1. The van der Waals surface area contributed by atoms with Crippen LogP contribution in [-0.2, 0) is 12.0 Å². The lowest BCUT2D eigenvalue weighted by molar-refractivity contribution is 0.0930. The van der Waals surface area contributed by atoms with E-state index in [0.29, 0.717) is 0 Å². The molecule has 4 nitrogen and oxygen atoms in total. The van der Waals surface area contributed by atoms with Gasteiger partial charge >= 0.3 is 0 Å². The lowest BCUT2D eigenvalue weighted by Gasteiger charge is -2.34. The third-order valence-corrected chi connectivity index (χ3v) is 7.73. The van der Waals surface area contributed by atoms with Crippen LogP contribution in [0, 0.1) is 18.8 Å². The van der Waals surface area contributed by atoms with Crippen LogP contribution in [0.2, 0.25) is 0 Å². The number of nitrogens with one attached hydrogen (secondary N) is 1. The van der Waals surface area contributed by atoms with Gasteiger partial charge in [0, 0.05) is 23.3 Å². The highest BCUT2D eigenvalue weighted by Crippen LogP contribution is 2.49. The zero-order valence-corrected chi connectivity index (χ0v) is 19.3. The molecule has 0 radical (unpaired) electrons. The van der Waals surface area contributed by atoms with Gasteiger partial charge in [-0.3, -0.25) is 9.78 Å². The Bertz CT molecular complexity index is 1170. The topological polar surface area (TPSA) is 51.2 Å². The number of aryl methyl sites for hydroxylation is 2. The minimum absolute atomic E-state index is 0.0175. The molecule has 0 saturated heterocycles. The van der Waals surface area contributed by atoms with Crippen LogP contribution >= 0.6 is 0 Å². The van der Waals surface area contributed by atoms with Gasteiger partial charge in [-0.05, 0) is 97.2 Å². The first-order chi connectivity index (χ1) is 15.5. The van der Waals surface area contributed by atoms with Gasteiger partial charge in [-0.25, -0.2) is 0 Å². The summed E-state index contributed by atoms with van der Waals surface area (Å²) in [5, 5.41) is 5.55. The third-order valence-electron chi connectivity index (χ3n) is 7.73. The number of nitrogens with zero attached hydrogens (tertiary/aromatic N) is 1. The summed E-state index contributed by atoms with van der Waals surface area (Å²) in [5.41, 5.74) is 3.87. The molecule has 32 heavy (non-hydrogen) atoms. The quantitative estimate of drug-likeness (QED) is 0.506. The Labute approximate surface area is 190 Å². The fourth-order valence-electron chi connectivity index (χ4n) is 5.15. The van der Waals surface area contributed by atoms with E-state index in [4.69, 9.17) is 4.74 Å². The van der Waals surface area contributed by atoms with E-state index in [9.17, 15) is 4.79 Å². The van der Waals surface area contributed by atoms with Crippen molar-refractivity contribution >= 4 is 16.7 Å². The molecule has 5 rings (SSSR count). The fraction of sp³-hybridized carbons (Fsp3) is 0.429. The fourth-order valence-corrected chi connectivity index (χ4v) is 5.15. The molecule has 1 unspecified atom stereocenters. The summed E-state index contributed by atoms with van der Waals surface area (Å²) >= 11 is 0. The van der Waals surface area contributed by atoms with Crippen molar-refractivity contribution in [3.05, 3.63) is 71.0 Å². The molecule has 2 atom stereocenters. The largest absolute Gasteiger partial charge is 0.497 e. The summed E-state index contributed by atoms with van der Waals surface area (Å²) < 4.78 is 5.54. The van der Waals surface area contributed by atoms with E-state index in [1.165, 1.54) is 24.8 Å². The summed E-state index contributed by atoms with van der Waals surface area (Å²) in [6.07, 6.45) is 10.5. The van der Waals surface area contributed by atoms with Crippen molar-refractivity contribution in [2.24, 2.45) is 11.8 Å². The second-order valence-corrected chi connectivity index (χ2v) is 9.81. The van der Waals surface area contributed by atoms with Crippen LogP contribution in [0.15, 0.2) is 48.8 Å². The summed E-state index contributed by atoms with van der Waals surface area (Å²) in [4.78, 5) is 17.7. The predicted octanol–water partition coefficient (Wildman–Crippen LogP) is 5.95. The molecule has 166 valence electrons. The van der Waals surface area contributed by atoms with Crippen molar-refractivity contribution in [3.8, 4) is 5.75 Å². The molecule has 4 heteroatoms. The van der Waals surface area contributed by atoms with Gasteiger partial charge in [0.2, 0.25) is 0 Å². The van der Waals surface area contributed by atoms with Crippen LogP contribution in [0.4, 0.5) is 0 Å². The first-order valence-corrected chi connectivity index (χ1v) is 11.8. The zero-order chi connectivity index (χ0) is 22.3. The minimum Gasteiger partial charge on any atom is -0.497 e. The highest BCUT2D eigenvalue weighted by atomic mass is 16.5. The number of fused-ring (bicyclic) bond motifs is 1. The standard InChI is InChI=1S/C28H32N2O2/c1-18-5-8-21(18)9-7-20-6-4-19(2)25(14-20)27(31)30-28(11-12-28)26-16-23(32-3)15-22-17-29-13-10-24(22)26/h4,6,10,13-18,21H,5,7-9,11-12H2,1-3H3,(H,30,31)/t18?,21-/m0/s1. The monoisotopic (exact) mass is 428 g/mol. The Morgan fingerprint density at radius 3 is 2.72 bits per heavy atom. The molecule has 1 aromatic heterocycles. The van der Waals surface area contributed by atoms with Crippen LogP contribution in [0.5, 0.6) is 5.75 Å². The molecular weight excluding hydrogens is 396 g/mol. The van der Waals surface area contributed by atoms with E-state index in [2.05, 4.69) is 41.5 Å². The van der Waals surface area contributed by atoms with E-state index in [1.54, 1.807) is 7.11 Å². The maximum absolute atomic E-state index is 13.4. The lowest BCUT2D eigenvalue weighted by Crippen LogP contribution is -2.35. The van der Waals surface area contributed by atoms with Gasteiger partial charge in [-0.2, -0.15) is 0 Å². The predicted molar refractivity (Wildman–Crippen MR) is 128 cm³/mol. The number of rotatable bonds is 7. The second kappa shape index (κ2) is 8.23. The van der Waals surface area contributed by atoms with Crippen molar-refractivity contribution in [2.75, 3.05) is 7.11 Å². The number of hydrogen-bond acceptors (Lipinski definition) is 3. The molecule has 1 heterocycles. The maximum Gasteiger partial charge on any atom is 0.252 e. The first-order valence-electron chi connectivity index (χ1n) is 11.8. The average molecular weight is 429 g/mol. The van der Waals surface area contributed by atoms with Gasteiger partial charge in [0.05, 0.1) is 12.6 Å². The molecule has 2 saturated carbocycles. The van der Waals surface area contributed by atoms with Gasteiger partial charge in [-0.1, -0.05) is 25.5 Å². The highest BCUT2D eigenvalue weighted by Gasteiger charge is 2.47. The van der Waals surface area contributed by atoms with Crippen LogP contribution in [0.1, 0.15) is 66.1 Å². The molecule has 2 fully saturated rings. The molecule has 2 aliphatic rings. The molecular formula is C28H32N2O2. The van der Waals surface area contributed by atoms with Crippen molar-refractivity contribution in [2.45, 2.75) is 57.9 Å². The number of aromatic nitrogens is 1.